The van der Waals surface area contributed by atoms with Gasteiger partial charge in [0.05, 0.1) is 11.0 Å². The van der Waals surface area contributed by atoms with Crippen molar-refractivity contribution in [2.75, 3.05) is 18.0 Å². The topological polar surface area (TPSA) is 85.3 Å². The van der Waals surface area contributed by atoms with Crippen molar-refractivity contribution in [1.82, 2.24) is 4.98 Å². The molecule has 1 saturated heterocycles. The fourth-order valence-electron chi connectivity index (χ4n) is 2.47. The van der Waals surface area contributed by atoms with Gasteiger partial charge >= 0.3 is 0 Å². The summed E-state index contributed by atoms with van der Waals surface area (Å²) < 4.78 is 0. The van der Waals surface area contributed by atoms with Crippen molar-refractivity contribution in [3.8, 4) is 0 Å². The monoisotopic (exact) mass is 250 g/mol. The van der Waals surface area contributed by atoms with E-state index in [0.29, 0.717) is 18.4 Å². The zero-order chi connectivity index (χ0) is 13.0. The number of nitro groups is 1. The Morgan fingerprint density at radius 1 is 1.56 bits per heavy atom. The SMILES string of the molecule is NCCC1CCCCN1c1cc([N+](=O)[O-])ccn1. The van der Waals surface area contributed by atoms with Gasteiger partial charge in [-0.25, -0.2) is 4.98 Å². The highest BCUT2D eigenvalue weighted by Gasteiger charge is 2.23. The Balaban J connectivity index is 2.22. The molecule has 0 saturated carbocycles. The zero-order valence-corrected chi connectivity index (χ0v) is 10.3. The van der Waals surface area contributed by atoms with Crippen LogP contribution in [0.5, 0.6) is 0 Å². The van der Waals surface area contributed by atoms with E-state index in [2.05, 4.69) is 9.88 Å². The maximum Gasteiger partial charge on any atom is 0.274 e. The number of nitrogens with zero attached hydrogens (tertiary/aromatic N) is 3. The first-order valence-electron chi connectivity index (χ1n) is 6.29. The van der Waals surface area contributed by atoms with E-state index in [-0.39, 0.29) is 10.6 Å². The van der Waals surface area contributed by atoms with E-state index >= 15 is 0 Å². The summed E-state index contributed by atoms with van der Waals surface area (Å²) in [6.07, 6.45) is 5.79. The van der Waals surface area contributed by atoms with Crippen LogP contribution in [0.2, 0.25) is 0 Å². The Morgan fingerprint density at radius 3 is 3.11 bits per heavy atom. The first kappa shape index (κ1) is 12.8. The number of piperidine rings is 1. The molecule has 1 fully saturated rings. The molecule has 0 spiro atoms. The highest BCUT2D eigenvalue weighted by molar-refractivity contribution is 5.47. The van der Waals surface area contributed by atoms with Crippen LogP contribution in [-0.2, 0) is 0 Å². The molecule has 1 aliphatic heterocycles. The van der Waals surface area contributed by atoms with Crippen molar-refractivity contribution in [2.45, 2.75) is 31.7 Å². The summed E-state index contributed by atoms with van der Waals surface area (Å²) in [6.45, 7) is 1.54. The second-order valence-electron chi connectivity index (χ2n) is 4.55. The largest absolute Gasteiger partial charge is 0.353 e. The third kappa shape index (κ3) is 2.76. The molecule has 6 nitrogen and oxygen atoms in total. The van der Waals surface area contributed by atoms with Gasteiger partial charge in [-0.05, 0) is 32.2 Å². The molecule has 0 aromatic carbocycles. The molecule has 0 radical (unpaired) electrons. The van der Waals surface area contributed by atoms with Gasteiger partial charge in [0.1, 0.15) is 5.82 Å². The van der Waals surface area contributed by atoms with Crippen molar-refractivity contribution in [2.24, 2.45) is 5.73 Å². The van der Waals surface area contributed by atoms with Crippen LogP contribution < -0.4 is 10.6 Å². The van der Waals surface area contributed by atoms with Crippen LogP contribution in [0.25, 0.3) is 0 Å². The molecule has 6 heteroatoms. The van der Waals surface area contributed by atoms with Crippen molar-refractivity contribution in [3.63, 3.8) is 0 Å². The highest BCUT2D eigenvalue weighted by Crippen LogP contribution is 2.26. The third-order valence-corrected chi connectivity index (χ3v) is 3.36. The highest BCUT2D eigenvalue weighted by atomic mass is 16.6. The lowest BCUT2D eigenvalue weighted by atomic mass is 9.99. The van der Waals surface area contributed by atoms with Gasteiger partial charge in [0.15, 0.2) is 0 Å². The molecular formula is C12H18N4O2. The van der Waals surface area contributed by atoms with Gasteiger partial charge < -0.3 is 10.6 Å². The number of pyridine rings is 1. The van der Waals surface area contributed by atoms with Gasteiger partial charge in [-0.2, -0.15) is 0 Å². The van der Waals surface area contributed by atoms with Crippen LogP contribution >= 0.6 is 0 Å². The van der Waals surface area contributed by atoms with Crippen LogP contribution in [0.15, 0.2) is 18.3 Å². The summed E-state index contributed by atoms with van der Waals surface area (Å²) in [4.78, 5) is 16.8. The lowest BCUT2D eigenvalue weighted by molar-refractivity contribution is -0.384. The van der Waals surface area contributed by atoms with Crippen molar-refractivity contribution in [1.29, 1.82) is 0 Å². The van der Waals surface area contributed by atoms with Gasteiger partial charge in [-0.15, -0.1) is 0 Å². The van der Waals surface area contributed by atoms with Gasteiger partial charge in [-0.3, -0.25) is 10.1 Å². The average molecular weight is 250 g/mol. The van der Waals surface area contributed by atoms with Gasteiger partial charge in [0.2, 0.25) is 0 Å². The van der Waals surface area contributed by atoms with Crippen LogP contribution in [0.1, 0.15) is 25.7 Å². The van der Waals surface area contributed by atoms with Crippen LogP contribution in [0, 0.1) is 10.1 Å². The molecule has 2 heterocycles. The number of hydrogen-bond donors (Lipinski definition) is 1. The molecule has 2 rings (SSSR count). The summed E-state index contributed by atoms with van der Waals surface area (Å²) in [5.41, 5.74) is 5.72. The second-order valence-corrected chi connectivity index (χ2v) is 4.55. The molecule has 1 aromatic heterocycles. The van der Waals surface area contributed by atoms with E-state index in [1.165, 1.54) is 18.7 Å². The molecule has 1 aliphatic rings. The van der Waals surface area contributed by atoms with Crippen molar-refractivity contribution >= 4 is 11.5 Å². The third-order valence-electron chi connectivity index (χ3n) is 3.36. The van der Waals surface area contributed by atoms with Gasteiger partial charge in [-0.1, -0.05) is 0 Å². The zero-order valence-electron chi connectivity index (χ0n) is 10.3. The Bertz CT molecular complexity index is 422. The van der Waals surface area contributed by atoms with Crippen LogP contribution in [-0.4, -0.2) is 29.0 Å². The van der Waals surface area contributed by atoms with E-state index in [0.717, 1.165) is 25.8 Å². The van der Waals surface area contributed by atoms with E-state index in [1.54, 1.807) is 6.07 Å². The Kier molecular flexibility index (Phi) is 4.09. The Morgan fingerprint density at radius 2 is 2.39 bits per heavy atom. The number of rotatable bonds is 4. The number of anilines is 1. The minimum Gasteiger partial charge on any atom is -0.353 e. The Labute approximate surface area is 106 Å². The molecule has 98 valence electrons. The van der Waals surface area contributed by atoms with Crippen LogP contribution in [0.4, 0.5) is 11.5 Å². The van der Waals surface area contributed by atoms with E-state index in [9.17, 15) is 10.1 Å². The first-order chi connectivity index (χ1) is 8.72. The fourth-order valence-corrected chi connectivity index (χ4v) is 2.47. The lowest BCUT2D eigenvalue weighted by Crippen LogP contribution is -2.41. The molecular weight excluding hydrogens is 232 g/mol. The van der Waals surface area contributed by atoms with Crippen LogP contribution in [0.3, 0.4) is 0 Å². The minimum absolute atomic E-state index is 0.0945. The minimum atomic E-state index is -0.382. The normalized spacial score (nSPS) is 19.8. The van der Waals surface area contributed by atoms with E-state index in [4.69, 9.17) is 5.73 Å². The van der Waals surface area contributed by atoms with Gasteiger partial charge in [0, 0.05) is 24.8 Å². The summed E-state index contributed by atoms with van der Waals surface area (Å²) in [6, 6.07) is 3.33. The molecule has 1 unspecified atom stereocenters. The van der Waals surface area contributed by atoms with Crippen molar-refractivity contribution in [3.05, 3.63) is 28.4 Å². The molecule has 0 bridgehead atoms. The lowest BCUT2D eigenvalue weighted by Gasteiger charge is -2.36. The van der Waals surface area contributed by atoms with E-state index < -0.39 is 0 Å². The fraction of sp³-hybridized carbons (Fsp3) is 0.583. The molecule has 1 atom stereocenters. The molecule has 0 amide bonds. The predicted octanol–water partition coefficient (Wildman–Crippen LogP) is 1.70. The molecule has 2 N–H and O–H groups in total. The Hall–Kier alpha value is -1.69. The molecule has 18 heavy (non-hydrogen) atoms. The van der Waals surface area contributed by atoms with Gasteiger partial charge in [0.25, 0.3) is 5.69 Å². The summed E-state index contributed by atoms with van der Waals surface area (Å²) >= 11 is 0. The number of aromatic nitrogens is 1. The number of nitrogens with two attached hydrogens (primary N) is 1. The smallest absolute Gasteiger partial charge is 0.274 e. The molecule has 1 aromatic rings. The summed E-state index contributed by atoms with van der Waals surface area (Å²) in [5, 5.41) is 10.8. The summed E-state index contributed by atoms with van der Waals surface area (Å²) in [5.74, 6) is 0.697. The predicted molar refractivity (Wildman–Crippen MR) is 69.5 cm³/mol. The van der Waals surface area contributed by atoms with Crippen molar-refractivity contribution < 1.29 is 4.92 Å². The average Bonchev–Trinajstić information content (AvgIpc) is 2.40. The maximum absolute atomic E-state index is 10.8. The number of hydrogen-bond acceptors (Lipinski definition) is 5. The van der Waals surface area contributed by atoms with E-state index in [1.807, 2.05) is 0 Å². The second kappa shape index (κ2) is 5.77. The standard InChI is InChI=1S/C12H18N4O2/c13-6-4-10-3-1-2-8-15(10)12-9-11(16(17)18)5-7-14-12/h5,7,9-10H,1-4,6,8,13H2. The maximum atomic E-state index is 10.8. The first-order valence-corrected chi connectivity index (χ1v) is 6.29. The molecule has 0 aliphatic carbocycles. The quantitative estimate of drug-likeness (QED) is 0.649. The summed E-state index contributed by atoms with van der Waals surface area (Å²) in [7, 11) is 0.